The van der Waals surface area contributed by atoms with Crippen molar-refractivity contribution in [1.29, 1.82) is 0 Å². The molecule has 234 valence electrons. The lowest BCUT2D eigenvalue weighted by Gasteiger charge is -2.35. The van der Waals surface area contributed by atoms with Crippen LogP contribution in [0.5, 0.6) is 11.8 Å². The number of aryl methyl sites for hydroxylation is 2. The molecule has 2 atom stereocenters. The largest absolute Gasteiger partial charge is 0.424 e. The van der Waals surface area contributed by atoms with Gasteiger partial charge in [0.2, 0.25) is 5.91 Å². The molecule has 0 saturated carbocycles. The lowest BCUT2D eigenvalue weighted by atomic mass is 10.00. The fourth-order valence-corrected chi connectivity index (χ4v) is 5.67. The van der Waals surface area contributed by atoms with Gasteiger partial charge in [0, 0.05) is 47.1 Å². The van der Waals surface area contributed by atoms with E-state index >= 15 is 8.78 Å². The van der Waals surface area contributed by atoms with Crippen molar-refractivity contribution in [2.75, 3.05) is 19.7 Å². The van der Waals surface area contributed by atoms with Gasteiger partial charge in [-0.25, -0.2) is 23.7 Å². The van der Waals surface area contributed by atoms with Crippen molar-refractivity contribution < 1.29 is 23.4 Å². The maximum atomic E-state index is 15.5. The van der Waals surface area contributed by atoms with E-state index < -0.39 is 30.5 Å². The van der Waals surface area contributed by atoms with Crippen LogP contribution < -0.4 is 4.74 Å². The van der Waals surface area contributed by atoms with Crippen molar-refractivity contribution in [3.63, 3.8) is 0 Å². The van der Waals surface area contributed by atoms with Crippen LogP contribution in [0.25, 0.3) is 33.1 Å². The quantitative estimate of drug-likeness (QED) is 0.239. The molecule has 0 spiro atoms. The number of hydrogen-bond donors (Lipinski definition) is 1. The van der Waals surface area contributed by atoms with Gasteiger partial charge in [0.15, 0.2) is 0 Å². The number of ether oxygens (including phenoxy) is 1. The molecule has 0 bridgehead atoms. The lowest BCUT2D eigenvalue weighted by molar-refractivity contribution is -0.137. The minimum atomic E-state index is -1.39. The number of aliphatic hydroxyl groups excluding tert-OH is 1. The number of amides is 1. The Labute approximate surface area is 272 Å². The van der Waals surface area contributed by atoms with Crippen molar-refractivity contribution in [3.05, 3.63) is 71.2 Å². The highest BCUT2D eigenvalue weighted by Gasteiger charge is 2.34. The van der Waals surface area contributed by atoms with Crippen LogP contribution in [0.1, 0.15) is 31.4 Å². The molecule has 0 radical (unpaired) electrons. The molecule has 1 aliphatic heterocycles. The van der Waals surface area contributed by atoms with Gasteiger partial charge >= 0.3 is 6.01 Å². The molecule has 2 aromatic carbocycles. The van der Waals surface area contributed by atoms with Crippen LogP contribution in [0.4, 0.5) is 8.78 Å². The van der Waals surface area contributed by atoms with Gasteiger partial charge in [-0.05, 0) is 44.5 Å². The Hall–Kier alpha value is -3.52. The Morgan fingerprint density at radius 2 is 1.86 bits per heavy atom. The molecule has 1 N–H and O–H groups in total. The third kappa shape index (κ3) is 6.46. The number of alkyl halides is 1. The summed E-state index contributed by atoms with van der Waals surface area (Å²) in [6.07, 6.45) is 2.07. The number of aromatic nitrogens is 5. The number of benzene rings is 2. The third-order valence-corrected chi connectivity index (χ3v) is 7.63. The third-order valence-electron chi connectivity index (χ3n) is 7.32. The summed E-state index contributed by atoms with van der Waals surface area (Å²) in [6, 6.07) is 9.16. The molecule has 3 aromatic heterocycles. The van der Waals surface area contributed by atoms with E-state index in [0.29, 0.717) is 52.0 Å². The number of piperidine rings is 1. The maximum absolute atomic E-state index is 15.5. The summed E-state index contributed by atoms with van der Waals surface area (Å²) in [5.74, 6) is -0.0623. The molecule has 4 heterocycles. The summed E-state index contributed by atoms with van der Waals surface area (Å²) in [6.45, 7) is 3.10. The van der Waals surface area contributed by atoms with Crippen LogP contribution in [0, 0.1) is 19.7 Å². The molecule has 1 saturated heterocycles. The second-order valence-electron chi connectivity index (χ2n) is 9.96. The minimum absolute atomic E-state index is 0. The summed E-state index contributed by atoms with van der Waals surface area (Å²) >= 11 is 6.61. The van der Waals surface area contributed by atoms with Crippen molar-refractivity contribution in [1.82, 2.24) is 29.4 Å². The number of nitrogens with zero attached hydrogens (tertiary/aromatic N) is 6. The molecule has 6 rings (SSSR count). The van der Waals surface area contributed by atoms with Crippen molar-refractivity contribution >= 4 is 66.4 Å². The van der Waals surface area contributed by atoms with Gasteiger partial charge in [-0.1, -0.05) is 19.0 Å². The number of halogens is 3. The van der Waals surface area contributed by atoms with Gasteiger partial charge in [0.05, 0.1) is 34.8 Å². The predicted octanol–water partition coefficient (Wildman–Crippen LogP) is 6.21. The highest BCUT2D eigenvalue weighted by atomic mass is 35.5. The van der Waals surface area contributed by atoms with Crippen LogP contribution in [-0.2, 0) is 4.79 Å². The normalized spacial score (nSPS) is 16.2. The average molecular weight is 663 g/mol. The number of pyridine rings is 1. The molecular weight excluding hydrogens is 630 g/mol. The van der Waals surface area contributed by atoms with Crippen LogP contribution in [0.2, 0.25) is 5.02 Å². The topological polar surface area (TPSA) is 106 Å². The van der Waals surface area contributed by atoms with Crippen LogP contribution >= 0.6 is 38.6 Å². The van der Waals surface area contributed by atoms with Crippen LogP contribution in [0.15, 0.2) is 48.8 Å². The van der Waals surface area contributed by atoms with E-state index in [2.05, 4.69) is 19.9 Å². The number of hydrogen-bond acceptors (Lipinski definition) is 7. The van der Waals surface area contributed by atoms with E-state index in [9.17, 15) is 9.90 Å². The first kappa shape index (κ1) is 35.0. The second-order valence-corrected chi connectivity index (χ2v) is 10.4. The van der Waals surface area contributed by atoms with Gasteiger partial charge in [0.25, 0.3) is 0 Å². The Bertz CT molecular complexity index is 1830. The van der Waals surface area contributed by atoms with E-state index in [-0.39, 0.29) is 57.6 Å². The van der Waals surface area contributed by atoms with Crippen molar-refractivity contribution in [2.24, 2.45) is 0 Å². The molecule has 14 heteroatoms. The first-order valence-corrected chi connectivity index (χ1v) is 13.4. The lowest BCUT2D eigenvalue weighted by Crippen LogP contribution is -2.46. The van der Waals surface area contributed by atoms with E-state index in [1.807, 2.05) is 11.5 Å². The molecule has 5 aromatic rings. The zero-order chi connectivity index (χ0) is 28.8. The Balaban J connectivity index is 0.00000176. The van der Waals surface area contributed by atoms with Gasteiger partial charge < -0.3 is 19.3 Å². The first-order chi connectivity index (χ1) is 19.7. The summed E-state index contributed by atoms with van der Waals surface area (Å²) < 4.78 is 38.5. The summed E-state index contributed by atoms with van der Waals surface area (Å²) in [7, 11) is 0. The molecule has 1 fully saturated rings. The zero-order valence-corrected chi connectivity index (χ0v) is 25.9. The zero-order valence-electron chi connectivity index (χ0n) is 23.2. The highest BCUT2D eigenvalue weighted by molar-refractivity contribution is 7.59. The van der Waals surface area contributed by atoms with Gasteiger partial charge in [-0.3, -0.25) is 9.78 Å². The molecule has 44 heavy (non-hydrogen) atoms. The molecule has 0 unspecified atom stereocenters. The van der Waals surface area contributed by atoms with Crippen molar-refractivity contribution in [2.45, 2.75) is 39.9 Å². The molecule has 9 nitrogen and oxygen atoms in total. The van der Waals surface area contributed by atoms with Crippen LogP contribution in [0.3, 0.4) is 0 Å². The number of carbonyl (C=O) groups excluding carboxylic acids is 1. The SMILES string of the molecule is C.Cc1ccnc(Oc2ccc(-c3cc4c(cc3F)ncc3nc(C)n([C@H]5CCN(C(=O)CO)C[C@@H]5F)c34)c(Cl)c2)n1.S.S. The summed E-state index contributed by atoms with van der Waals surface area (Å²) in [4.78, 5) is 30.6. The standard InChI is InChI=1S/C29H25ClF2N6O3.CH4.2H2S/c1-15-5-7-33-29(35-15)41-17-3-4-18(21(30)9-17)19-10-20-24(11-22(19)31)34-12-25-28(20)38(16(2)36-25)26-6-8-37(13-23(26)32)27(40)14-39;;;/h3-5,7,9-12,23,26,39H,6,8,13-14H2,1-2H3;1H4;2*1H2/t23-,26-;;;/m0.../s1. The molecule has 1 amide bonds. The number of carbonyl (C=O) groups is 1. The average Bonchev–Trinajstić information content (AvgIpc) is 3.28. The fourth-order valence-electron chi connectivity index (χ4n) is 5.39. The smallest absolute Gasteiger partial charge is 0.322 e. The number of aliphatic hydroxyl groups is 1. The number of imidazole rings is 1. The molecule has 1 aliphatic rings. The Morgan fingerprint density at radius 1 is 1.09 bits per heavy atom. The van der Waals surface area contributed by atoms with Gasteiger partial charge in [-0.15, -0.1) is 0 Å². The van der Waals surface area contributed by atoms with E-state index in [1.165, 1.54) is 11.0 Å². The monoisotopic (exact) mass is 662 g/mol. The molecular formula is C30H33ClF2N6O3S2. The van der Waals surface area contributed by atoms with Gasteiger partial charge in [0.1, 0.15) is 35.7 Å². The number of fused-ring (bicyclic) bond motifs is 3. The van der Waals surface area contributed by atoms with E-state index in [4.69, 9.17) is 16.3 Å². The summed E-state index contributed by atoms with van der Waals surface area (Å²) in [5, 5.41) is 10.0. The van der Waals surface area contributed by atoms with Crippen molar-refractivity contribution in [3.8, 4) is 22.9 Å². The summed E-state index contributed by atoms with van der Waals surface area (Å²) in [5.41, 5.74) is 2.96. The van der Waals surface area contributed by atoms with E-state index in [0.717, 1.165) is 5.69 Å². The number of rotatable bonds is 5. The highest BCUT2D eigenvalue weighted by Crippen LogP contribution is 2.39. The van der Waals surface area contributed by atoms with Crippen LogP contribution in [-0.4, -0.2) is 66.3 Å². The predicted molar refractivity (Wildman–Crippen MR) is 177 cm³/mol. The van der Waals surface area contributed by atoms with E-state index in [1.54, 1.807) is 49.6 Å². The number of likely N-dealkylation sites (tertiary alicyclic amines) is 1. The van der Waals surface area contributed by atoms with Gasteiger partial charge in [-0.2, -0.15) is 27.0 Å². The minimum Gasteiger partial charge on any atom is -0.424 e. The maximum Gasteiger partial charge on any atom is 0.322 e. The molecule has 0 aliphatic carbocycles. The Morgan fingerprint density at radius 3 is 2.55 bits per heavy atom. The first-order valence-electron chi connectivity index (χ1n) is 13.0. The second kappa shape index (κ2) is 14.1. The Kier molecular flexibility index (Phi) is 11.2. The fraction of sp³-hybridized carbons (Fsp3) is 0.300.